The summed E-state index contributed by atoms with van der Waals surface area (Å²) in [5.41, 5.74) is 1.29. The Balaban J connectivity index is 1.61. The van der Waals surface area contributed by atoms with Gasteiger partial charge in [-0.15, -0.1) is 0 Å². The Kier molecular flexibility index (Phi) is 5.28. The second kappa shape index (κ2) is 6.97. The maximum Gasteiger partial charge on any atom is 0.157 e. The lowest BCUT2D eigenvalue weighted by Crippen LogP contribution is -2.25. The molecule has 0 bridgehead atoms. The van der Waals surface area contributed by atoms with E-state index >= 15 is 0 Å². The zero-order valence-corrected chi connectivity index (χ0v) is 11.3. The van der Waals surface area contributed by atoms with Crippen molar-refractivity contribution in [2.45, 2.75) is 30.9 Å². The van der Waals surface area contributed by atoms with E-state index in [1.807, 2.05) is 12.3 Å². The SMILES string of the molecule is O=S(O)C1CCN(CCCCc2cccnc2)C1. The number of unbranched alkanes of at least 4 members (excludes halogenated alkanes) is 1. The van der Waals surface area contributed by atoms with E-state index in [9.17, 15) is 4.21 Å². The number of aryl methyl sites for hydroxylation is 1. The van der Waals surface area contributed by atoms with Gasteiger partial charge in [-0.1, -0.05) is 6.07 Å². The Bertz CT molecular complexity index is 386. The number of aromatic nitrogens is 1. The average Bonchev–Trinajstić information content (AvgIpc) is 2.85. The molecule has 0 spiro atoms. The van der Waals surface area contributed by atoms with Gasteiger partial charge in [-0.05, 0) is 50.4 Å². The second-order valence-electron chi connectivity index (χ2n) is 4.81. The molecule has 0 amide bonds. The molecule has 2 heterocycles. The van der Waals surface area contributed by atoms with E-state index in [1.54, 1.807) is 6.20 Å². The summed E-state index contributed by atoms with van der Waals surface area (Å²) in [4.78, 5) is 6.39. The van der Waals surface area contributed by atoms with Gasteiger partial charge in [0.15, 0.2) is 11.1 Å². The smallest absolute Gasteiger partial charge is 0.157 e. The van der Waals surface area contributed by atoms with Crippen LogP contribution in [-0.2, 0) is 17.5 Å². The van der Waals surface area contributed by atoms with Crippen LogP contribution in [0, 0.1) is 0 Å². The van der Waals surface area contributed by atoms with Crippen molar-refractivity contribution < 1.29 is 8.76 Å². The zero-order chi connectivity index (χ0) is 12.8. The van der Waals surface area contributed by atoms with Crippen LogP contribution in [0.5, 0.6) is 0 Å². The average molecular weight is 268 g/mol. The summed E-state index contributed by atoms with van der Waals surface area (Å²) < 4.78 is 20.0. The van der Waals surface area contributed by atoms with E-state index in [0.717, 1.165) is 45.3 Å². The molecule has 100 valence electrons. The number of hydrogen-bond acceptors (Lipinski definition) is 3. The van der Waals surface area contributed by atoms with E-state index in [0.29, 0.717) is 0 Å². The van der Waals surface area contributed by atoms with Crippen LogP contribution >= 0.6 is 0 Å². The van der Waals surface area contributed by atoms with Gasteiger partial charge in [0.05, 0.1) is 5.25 Å². The van der Waals surface area contributed by atoms with Crippen LogP contribution in [-0.4, -0.2) is 43.5 Å². The molecule has 1 aromatic rings. The summed E-state index contributed by atoms with van der Waals surface area (Å²) in [5, 5.41) is -0.0386. The quantitative estimate of drug-likeness (QED) is 0.630. The highest BCUT2D eigenvalue weighted by molar-refractivity contribution is 7.79. The Morgan fingerprint density at radius 3 is 3.06 bits per heavy atom. The summed E-state index contributed by atoms with van der Waals surface area (Å²) in [6.45, 7) is 2.77. The summed E-state index contributed by atoms with van der Waals surface area (Å²) in [7, 11) is 0. The van der Waals surface area contributed by atoms with Gasteiger partial charge in [0.25, 0.3) is 0 Å². The van der Waals surface area contributed by atoms with Gasteiger partial charge in [-0.25, -0.2) is 4.21 Å². The predicted molar refractivity (Wildman–Crippen MR) is 72.8 cm³/mol. The maximum atomic E-state index is 10.9. The van der Waals surface area contributed by atoms with E-state index in [4.69, 9.17) is 4.55 Å². The van der Waals surface area contributed by atoms with Crippen molar-refractivity contribution in [3.05, 3.63) is 30.1 Å². The summed E-state index contributed by atoms with van der Waals surface area (Å²) in [6.07, 6.45) is 7.92. The van der Waals surface area contributed by atoms with Crippen LogP contribution in [0.3, 0.4) is 0 Å². The minimum absolute atomic E-state index is 0.0386. The normalized spacial score (nSPS) is 22.2. The molecule has 1 N–H and O–H groups in total. The van der Waals surface area contributed by atoms with Gasteiger partial charge in [0, 0.05) is 18.9 Å². The molecule has 2 atom stereocenters. The van der Waals surface area contributed by atoms with Crippen molar-refractivity contribution in [2.75, 3.05) is 19.6 Å². The number of rotatable bonds is 6. The Morgan fingerprint density at radius 2 is 2.39 bits per heavy atom. The molecule has 0 aliphatic carbocycles. The number of pyridine rings is 1. The monoisotopic (exact) mass is 268 g/mol. The highest BCUT2D eigenvalue weighted by Gasteiger charge is 2.25. The van der Waals surface area contributed by atoms with Crippen molar-refractivity contribution in [1.29, 1.82) is 0 Å². The van der Waals surface area contributed by atoms with Crippen LogP contribution in [0.4, 0.5) is 0 Å². The largest absolute Gasteiger partial charge is 0.306 e. The molecule has 1 saturated heterocycles. The summed E-state index contributed by atoms with van der Waals surface area (Å²) >= 11 is -1.65. The minimum atomic E-state index is -1.65. The molecule has 2 rings (SSSR count). The number of likely N-dealkylation sites (tertiary alicyclic amines) is 1. The van der Waals surface area contributed by atoms with Crippen LogP contribution < -0.4 is 0 Å². The molecule has 0 aromatic carbocycles. The van der Waals surface area contributed by atoms with Crippen molar-refractivity contribution in [3.63, 3.8) is 0 Å². The molecule has 1 aliphatic rings. The molecular weight excluding hydrogens is 248 g/mol. The van der Waals surface area contributed by atoms with Crippen molar-refractivity contribution >= 4 is 11.1 Å². The third-order valence-electron chi connectivity index (χ3n) is 3.43. The first-order valence-electron chi connectivity index (χ1n) is 6.46. The van der Waals surface area contributed by atoms with Crippen molar-refractivity contribution in [2.24, 2.45) is 0 Å². The van der Waals surface area contributed by atoms with Gasteiger partial charge in [-0.3, -0.25) is 4.98 Å². The molecular formula is C13H20N2O2S. The molecule has 0 saturated carbocycles. The maximum absolute atomic E-state index is 10.9. The van der Waals surface area contributed by atoms with Gasteiger partial charge in [-0.2, -0.15) is 0 Å². The topological polar surface area (TPSA) is 53.4 Å². The lowest BCUT2D eigenvalue weighted by molar-refractivity contribution is 0.330. The van der Waals surface area contributed by atoms with Crippen LogP contribution in [0.2, 0.25) is 0 Å². The molecule has 1 aromatic heterocycles. The summed E-state index contributed by atoms with van der Waals surface area (Å²) in [6, 6.07) is 4.07. The molecule has 2 unspecified atom stereocenters. The fraction of sp³-hybridized carbons (Fsp3) is 0.615. The second-order valence-corrected chi connectivity index (χ2v) is 6.02. The molecule has 0 radical (unpaired) electrons. The fourth-order valence-corrected chi connectivity index (χ4v) is 3.02. The molecule has 1 aliphatic heterocycles. The van der Waals surface area contributed by atoms with Gasteiger partial charge >= 0.3 is 0 Å². The lowest BCUT2D eigenvalue weighted by Gasteiger charge is -2.14. The molecule has 18 heavy (non-hydrogen) atoms. The van der Waals surface area contributed by atoms with Crippen molar-refractivity contribution in [1.82, 2.24) is 9.88 Å². The molecule has 5 heteroatoms. The highest BCUT2D eigenvalue weighted by atomic mass is 32.2. The molecule has 1 fully saturated rings. The number of nitrogens with zero attached hydrogens (tertiary/aromatic N) is 2. The first-order chi connectivity index (χ1) is 8.75. The summed E-state index contributed by atoms with van der Waals surface area (Å²) in [5.74, 6) is 0. The van der Waals surface area contributed by atoms with Gasteiger partial charge in [0.2, 0.25) is 0 Å². The minimum Gasteiger partial charge on any atom is -0.306 e. The third kappa shape index (κ3) is 4.15. The fourth-order valence-electron chi connectivity index (χ4n) is 2.38. The van der Waals surface area contributed by atoms with E-state index in [2.05, 4.69) is 16.0 Å². The number of hydrogen-bond donors (Lipinski definition) is 1. The van der Waals surface area contributed by atoms with Crippen LogP contribution in [0.25, 0.3) is 0 Å². The lowest BCUT2D eigenvalue weighted by atomic mass is 10.1. The molecule has 4 nitrogen and oxygen atoms in total. The Labute approximate surface area is 111 Å². The Hall–Kier alpha value is -0.780. The third-order valence-corrected chi connectivity index (χ3v) is 4.38. The highest BCUT2D eigenvalue weighted by Crippen LogP contribution is 2.14. The van der Waals surface area contributed by atoms with Crippen molar-refractivity contribution in [3.8, 4) is 0 Å². The van der Waals surface area contributed by atoms with E-state index in [-0.39, 0.29) is 5.25 Å². The van der Waals surface area contributed by atoms with E-state index in [1.165, 1.54) is 5.56 Å². The van der Waals surface area contributed by atoms with Crippen LogP contribution in [0.1, 0.15) is 24.8 Å². The first kappa shape index (κ1) is 13.6. The standard InChI is InChI=1S/C13H20N2O2S/c16-18(17)13-6-9-15(11-13)8-2-1-4-12-5-3-7-14-10-12/h3,5,7,10,13H,1-2,4,6,8-9,11H2,(H,16,17). The van der Waals surface area contributed by atoms with Crippen LogP contribution in [0.15, 0.2) is 24.5 Å². The van der Waals surface area contributed by atoms with E-state index < -0.39 is 11.1 Å². The predicted octanol–water partition coefficient (Wildman–Crippen LogP) is 1.70. The Morgan fingerprint density at radius 1 is 1.50 bits per heavy atom. The first-order valence-corrected chi connectivity index (χ1v) is 7.63. The zero-order valence-electron chi connectivity index (χ0n) is 10.5. The van der Waals surface area contributed by atoms with Gasteiger partial charge in [0.1, 0.15) is 0 Å². The van der Waals surface area contributed by atoms with Gasteiger partial charge < -0.3 is 9.45 Å².